The highest BCUT2D eigenvalue weighted by molar-refractivity contribution is 6.20. The maximum absolute atomic E-state index is 12.4. The highest BCUT2D eigenvalue weighted by Gasteiger charge is 2.30. The molecule has 2 rings (SSSR count). The summed E-state index contributed by atoms with van der Waals surface area (Å²) in [6.07, 6.45) is -2.90. The van der Waals surface area contributed by atoms with E-state index in [2.05, 4.69) is 4.98 Å². The van der Waals surface area contributed by atoms with Crippen LogP contribution < -0.4 is 0 Å². The second kappa shape index (κ2) is 4.65. The van der Waals surface area contributed by atoms with Gasteiger partial charge in [0.25, 0.3) is 0 Å². The van der Waals surface area contributed by atoms with Crippen molar-refractivity contribution in [3.05, 3.63) is 41.9 Å². The van der Waals surface area contributed by atoms with Crippen molar-refractivity contribution in [1.29, 1.82) is 0 Å². The monoisotopic (exact) mass is 275 g/mol. The molecule has 0 spiro atoms. The lowest BCUT2D eigenvalue weighted by Gasteiger charge is -2.06. The molecule has 0 amide bonds. The summed E-state index contributed by atoms with van der Waals surface area (Å²) in [5, 5.41) is -0.381. The summed E-state index contributed by atoms with van der Waals surface area (Å²) in [6.45, 7) is 1.70. The maximum atomic E-state index is 12.4. The Balaban J connectivity index is 2.29. The minimum Gasteiger partial charge on any atom is -0.439 e. The number of benzene rings is 1. The second-order valence-corrected chi connectivity index (χ2v) is 4.41. The summed E-state index contributed by atoms with van der Waals surface area (Å²) in [4.78, 5) is 3.94. The fourth-order valence-electron chi connectivity index (χ4n) is 1.43. The number of rotatable bonds is 2. The van der Waals surface area contributed by atoms with Crippen LogP contribution in [0.25, 0.3) is 11.3 Å². The van der Waals surface area contributed by atoms with Crippen LogP contribution in [0.2, 0.25) is 0 Å². The van der Waals surface area contributed by atoms with Gasteiger partial charge in [0, 0.05) is 5.56 Å². The van der Waals surface area contributed by atoms with E-state index < -0.39 is 11.7 Å². The van der Waals surface area contributed by atoms with E-state index in [1.807, 2.05) is 0 Å². The molecule has 1 atom stereocenters. The lowest BCUT2D eigenvalue weighted by molar-refractivity contribution is -0.137. The molecular weight excluding hydrogens is 267 g/mol. The van der Waals surface area contributed by atoms with Crippen molar-refractivity contribution in [2.24, 2.45) is 0 Å². The molecule has 0 radical (unpaired) electrons. The van der Waals surface area contributed by atoms with Crippen molar-refractivity contribution < 1.29 is 17.6 Å². The zero-order chi connectivity index (χ0) is 13.3. The summed E-state index contributed by atoms with van der Waals surface area (Å²) in [5.41, 5.74) is -0.171. The van der Waals surface area contributed by atoms with Crippen molar-refractivity contribution in [2.75, 3.05) is 0 Å². The van der Waals surface area contributed by atoms with Crippen molar-refractivity contribution in [3.8, 4) is 11.3 Å². The predicted molar refractivity (Wildman–Crippen MR) is 61.2 cm³/mol. The zero-order valence-electron chi connectivity index (χ0n) is 9.33. The van der Waals surface area contributed by atoms with Crippen LogP contribution in [0.5, 0.6) is 0 Å². The second-order valence-electron chi connectivity index (χ2n) is 3.75. The number of alkyl halides is 4. The van der Waals surface area contributed by atoms with Crippen LogP contribution in [0.15, 0.2) is 34.9 Å². The molecule has 0 saturated carbocycles. The highest BCUT2D eigenvalue weighted by Crippen LogP contribution is 2.31. The van der Waals surface area contributed by atoms with Crippen LogP contribution in [0, 0.1) is 0 Å². The third-order valence-corrected chi connectivity index (χ3v) is 2.55. The van der Waals surface area contributed by atoms with Gasteiger partial charge < -0.3 is 4.42 Å². The number of nitrogens with zero attached hydrogens (tertiary/aromatic N) is 1. The Bertz CT molecular complexity index is 531. The van der Waals surface area contributed by atoms with Gasteiger partial charge in [-0.15, -0.1) is 11.6 Å². The largest absolute Gasteiger partial charge is 0.439 e. The van der Waals surface area contributed by atoms with Gasteiger partial charge in [0.05, 0.1) is 11.8 Å². The summed E-state index contributed by atoms with van der Waals surface area (Å²) < 4.78 is 42.5. The molecule has 0 aliphatic rings. The molecule has 1 heterocycles. The molecule has 0 fully saturated rings. The molecule has 1 aromatic carbocycles. The van der Waals surface area contributed by atoms with Gasteiger partial charge in [-0.2, -0.15) is 13.2 Å². The van der Waals surface area contributed by atoms with Gasteiger partial charge in [-0.25, -0.2) is 4.98 Å². The molecule has 0 bridgehead atoms. The van der Waals surface area contributed by atoms with Crippen LogP contribution in [0.3, 0.4) is 0 Å². The van der Waals surface area contributed by atoms with Gasteiger partial charge in [0.1, 0.15) is 5.38 Å². The summed E-state index contributed by atoms with van der Waals surface area (Å²) in [6, 6.07) is 4.68. The molecule has 1 unspecified atom stereocenters. The van der Waals surface area contributed by atoms with Gasteiger partial charge >= 0.3 is 6.18 Å². The molecule has 2 aromatic rings. The molecule has 6 heteroatoms. The van der Waals surface area contributed by atoms with Crippen molar-refractivity contribution in [3.63, 3.8) is 0 Å². The summed E-state index contributed by atoms with van der Waals surface area (Å²) >= 11 is 5.78. The molecule has 96 valence electrons. The first-order chi connectivity index (χ1) is 8.38. The summed E-state index contributed by atoms with van der Waals surface area (Å²) in [5.74, 6) is 0.734. The first-order valence-corrected chi connectivity index (χ1v) is 5.59. The normalized spacial score (nSPS) is 13.6. The van der Waals surface area contributed by atoms with Gasteiger partial charge in [0.15, 0.2) is 5.76 Å². The van der Waals surface area contributed by atoms with E-state index in [9.17, 15) is 13.2 Å². The van der Waals surface area contributed by atoms with E-state index in [4.69, 9.17) is 16.0 Å². The van der Waals surface area contributed by atoms with Gasteiger partial charge in [-0.05, 0) is 19.1 Å². The average molecular weight is 276 g/mol. The molecule has 0 aliphatic carbocycles. The third kappa shape index (κ3) is 2.67. The number of halogens is 4. The fraction of sp³-hybridized carbons (Fsp3) is 0.250. The zero-order valence-corrected chi connectivity index (χ0v) is 10.1. The van der Waals surface area contributed by atoms with Crippen LogP contribution in [-0.4, -0.2) is 4.98 Å². The summed E-state index contributed by atoms with van der Waals surface area (Å²) in [7, 11) is 0. The molecular formula is C12H9ClF3NO. The van der Waals surface area contributed by atoms with Gasteiger partial charge in [-0.1, -0.05) is 12.1 Å². The van der Waals surface area contributed by atoms with Crippen molar-refractivity contribution in [1.82, 2.24) is 4.98 Å². The van der Waals surface area contributed by atoms with E-state index in [-0.39, 0.29) is 5.38 Å². The smallest absolute Gasteiger partial charge is 0.416 e. The van der Waals surface area contributed by atoms with Crippen molar-refractivity contribution >= 4 is 11.6 Å². The molecule has 0 N–H and O–H groups in total. The van der Waals surface area contributed by atoms with Crippen LogP contribution in [0.1, 0.15) is 23.8 Å². The van der Waals surface area contributed by atoms with E-state index in [1.165, 1.54) is 18.3 Å². The molecule has 18 heavy (non-hydrogen) atoms. The Kier molecular flexibility index (Phi) is 3.34. The first-order valence-electron chi connectivity index (χ1n) is 5.15. The minimum atomic E-state index is -4.34. The Hall–Kier alpha value is -1.49. The molecule has 2 nitrogen and oxygen atoms in total. The van der Waals surface area contributed by atoms with Crippen LogP contribution in [-0.2, 0) is 6.18 Å². The quantitative estimate of drug-likeness (QED) is 0.745. The molecule has 0 aliphatic heterocycles. The van der Waals surface area contributed by atoms with E-state index in [0.717, 1.165) is 12.1 Å². The lowest BCUT2D eigenvalue weighted by atomic mass is 10.1. The SMILES string of the molecule is CC(Cl)c1ncc(-c2ccc(C(F)(F)F)cc2)o1. The number of aromatic nitrogens is 1. The first kappa shape index (κ1) is 13.0. The molecule has 1 aromatic heterocycles. The van der Waals surface area contributed by atoms with Crippen molar-refractivity contribution in [2.45, 2.75) is 18.5 Å². The predicted octanol–water partition coefficient (Wildman–Crippen LogP) is 4.66. The Morgan fingerprint density at radius 2 is 1.83 bits per heavy atom. The van der Waals surface area contributed by atoms with E-state index >= 15 is 0 Å². The Morgan fingerprint density at radius 3 is 2.28 bits per heavy atom. The topological polar surface area (TPSA) is 26.0 Å². The van der Waals surface area contributed by atoms with Crippen LogP contribution in [0.4, 0.5) is 13.2 Å². The number of oxazole rings is 1. The average Bonchev–Trinajstić information content (AvgIpc) is 2.77. The Morgan fingerprint density at radius 1 is 1.22 bits per heavy atom. The minimum absolute atomic E-state index is 0.339. The number of hydrogen-bond donors (Lipinski definition) is 0. The van der Waals surface area contributed by atoms with E-state index in [0.29, 0.717) is 17.2 Å². The molecule has 0 saturated heterocycles. The third-order valence-electron chi connectivity index (χ3n) is 2.36. The van der Waals surface area contributed by atoms with Crippen LogP contribution >= 0.6 is 11.6 Å². The number of hydrogen-bond acceptors (Lipinski definition) is 2. The Labute approximate surface area is 106 Å². The standard InChI is InChI=1S/C12H9ClF3NO/c1-7(13)11-17-6-10(18-11)8-2-4-9(5-3-8)12(14,15)16/h2-7H,1H3. The van der Waals surface area contributed by atoms with Gasteiger partial charge in [-0.3, -0.25) is 0 Å². The maximum Gasteiger partial charge on any atom is 0.416 e. The highest BCUT2D eigenvalue weighted by atomic mass is 35.5. The van der Waals surface area contributed by atoms with Gasteiger partial charge in [0.2, 0.25) is 5.89 Å². The fourth-order valence-corrected chi connectivity index (χ4v) is 1.53. The lowest BCUT2D eigenvalue weighted by Crippen LogP contribution is -2.03. The van der Waals surface area contributed by atoms with E-state index in [1.54, 1.807) is 6.92 Å².